The van der Waals surface area contributed by atoms with E-state index >= 15 is 0 Å². The highest BCUT2D eigenvalue weighted by Crippen LogP contribution is 2.17. The molecule has 2 heterocycles. The molecule has 3 rings (SSSR count). The molecular weight excluding hydrogens is 290 g/mol. The van der Waals surface area contributed by atoms with Gasteiger partial charge in [0.2, 0.25) is 0 Å². The quantitative estimate of drug-likeness (QED) is 0.887. The van der Waals surface area contributed by atoms with Crippen LogP contribution in [0.25, 0.3) is 0 Å². The molecule has 0 radical (unpaired) electrons. The van der Waals surface area contributed by atoms with E-state index in [2.05, 4.69) is 59.4 Å². The zero-order valence-electron chi connectivity index (χ0n) is 13.5. The standard InChI is InChI=1S/C18H25N3S/c1-14-15(2)22-18(20-14)8-10-19-17-9-11-21(13-17)12-16-6-4-3-5-7-16/h3-7,17,19H,8-13H2,1-2H3/t17-/m0/s1. The lowest BCUT2D eigenvalue weighted by Gasteiger charge is -2.16. The van der Waals surface area contributed by atoms with Crippen LogP contribution >= 0.6 is 11.3 Å². The molecule has 3 nitrogen and oxygen atoms in total. The lowest BCUT2D eigenvalue weighted by atomic mass is 10.2. The summed E-state index contributed by atoms with van der Waals surface area (Å²) in [4.78, 5) is 8.51. The molecule has 0 spiro atoms. The van der Waals surface area contributed by atoms with Gasteiger partial charge in [0.25, 0.3) is 0 Å². The van der Waals surface area contributed by atoms with E-state index in [9.17, 15) is 0 Å². The number of nitrogens with zero attached hydrogens (tertiary/aromatic N) is 2. The first kappa shape index (κ1) is 15.7. The SMILES string of the molecule is Cc1nc(CCN[C@H]2CCN(Cc3ccccc3)C2)sc1C. The van der Waals surface area contributed by atoms with Crippen molar-refractivity contribution in [2.24, 2.45) is 0 Å². The summed E-state index contributed by atoms with van der Waals surface area (Å²) in [5.74, 6) is 0. The van der Waals surface area contributed by atoms with Crippen molar-refractivity contribution < 1.29 is 0 Å². The summed E-state index contributed by atoms with van der Waals surface area (Å²) in [6.07, 6.45) is 2.30. The monoisotopic (exact) mass is 315 g/mol. The number of aryl methyl sites for hydroxylation is 2. The maximum Gasteiger partial charge on any atom is 0.0943 e. The van der Waals surface area contributed by atoms with E-state index in [1.54, 1.807) is 0 Å². The molecule has 4 heteroatoms. The first-order valence-electron chi connectivity index (χ1n) is 8.13. The van der Waals surface area contributed by atoms with Crippen molar-refractivity contribution in [2.75, 3.05) is 19.6 Å². The number of aromatic nitrogens is 1. The van der Waals surface area contributed by atoms with Crippen LogP contribution in [-0.2, 0) is 13.0 Å². The van der Waals surface area contributed by atoms with E-state index < -0.39 is 0 Å². The molecule has 1 N–H and O–H groups in total. The molecule has 1 aromatic carbocycles. The van der Waals surface area contributed by atoms with Gasteiger partial charge in [-0.15, -0.1) is 11.3 Å². The first-order chi connectivity index (χ1) is 10.7. The van der Waals surface area contributed by atoms with Gasteiger partial charge in [0, 0.05) is 43.5 Å². The zero-order valence-corrected chi connectivity index (χ0v) is 14.3. The molecule has 1 fully saturated rings. The van der Waals surface area contributed by atoms with Gasteiger partial charge in [0.1, 0.15) is 0 Å². The second-order valence-electron chi connectivity index (χ2n) is 6.16. The second kappa shape index (κ2) is 7.36. The molecule has 0 amide bonds. The highest BCUT2D eigenvalue weighted by molar-refractivity contribution is 7.11. The van der Waals surface area contributed by atoms with Gasteiger partial charge in [0.05, 0.1) is 10.7 Å². The normalized spacial score (nSPS) is 18.9. The molecule has 0 unspecified atom stereocenters. The average molecular weight is 315 g/mol. The molecule has 1 saturated heterocycles. The van der Waals surface area contributed by atoms with Gasteiger partial charge < -0.3 is 5.32 Å². The molecule has 0 aliphatic carbocycles. The van der Waals surface area contributed by atoms with Gasteiger partial charge in [-0.2, -0.15) is 0 Å². The van der Waals surface area contributed by atoms with Crippen LogP contribution in [-0.4, -0.2) is 35.6 Å². The predicted molar refractivity (Wildman–Crippen MR) is 93.4 cm³/mol. The molecule has 1 aliphatic heterocycles. The summed E-state index contributed by atoms with van der Waals surface area (Å²) in [5.41, 5.74) is 2.60. The van der Waals surface area contributed by atoms with Crippen molar-refractivity contribution in [3.05, 3.63) is 51.5 Å². The summed E-state index contributed by atoms with van der Waals surface area (Å²) in [5, 5.41) is 4.96. The Bertz CT molecular complexity index is 574. The molecule has 1 aliphatic rings. The smallest absolute Gasteiger partial charge is 0.0943 e. The van der Waals surface area contributed by atoms with Crippen LogP contribution in [0.4, 0.5) is 0 Å². The summed E-state index contributed by atoms with van der Waals surface area (Å²) in [7, 11) is 0. The van der Waals surface area contributed by atoms with E-state index in [1.165, 1.54) is 34.1 Å². The number of hydrogen-bond donors (Lipinski definition) is 1. The van der Waals surface area contributed by atoms with Crippen LogP contribution in [0.3, 0.4) is 0 Å². The van der Waals surface area contributed by atoms with Crippen molar-refractivity contribution in [1.29, 1.82) is 0 Å². The minimum absolute atomic E-state index is 0.630. The van der Waals surface area contributed by atoms with Crippen molar-refractivity contribution in [3.8, 4) is 0 Å². The largest absolute Gasteiger partial charge is 0.312 e. The van der Waals surface area contributed by atoms with Crippen molar-refractivity contribution >= 4 is 11.3 Å². The molecule has 0 bridgehead atoms. The Morgan fingerprint density at radius 3 is 2.82 bits per heavy atom. The summed E-state index contributed by atoms with van der Waals surface area (Å²) in [6, 6.07) is 11.4. The fraction of sp³-hybridized carbons (Fsp3) is 0.500. The van der Waals surface area contributed by atoms with E-state index in [0.717, 1.165) is 26.1 Å². The number of thiazole rings is 1. The van der Waals surface area contributed by atoms with Crippen LogP contribution in [0.5, 0.6) is 0 Å². The molecule has 0 saturated carbocycles. The Kier molecular flexibility index (Phi) is 5.24. The highest BCUT2D eigenvalue weighted by Gasteiger charge is 2.21. The van der Waals surface area contributed by atoms with Gasteiger partial charge in [0.15, 0.2) is 0 Å². The van der Waals surface area contributed by atoms with Gasteiger partial charge in [-0.1, -0.05) is 30.3 Å². The first-order valence-corrected chi connectivity index (χ1v) is 8.95. The molecule has 1 aromatic heterocycles. The predicted octanol–water partition coefficient (Wildman–Crippen LogP) is 3.17. The topological polar surface area (TPSA) is 28.2 Å². The molecule has 22 heavy (non-hydrogen) atoms. The lowest BCUT2D eigenvalue weighted by molar-refractivity contribution is 0.320. The average Bonchev–Trinajstić information content (AvgIpc) is 3.08. The zero-order chi connectivity index (χ0) is 15.4. The second-order valence-corrected chi connectivity index (χ2v) is 7.45. The van der Waals surface area contributed by atoms with Crippen LogP contribution < -0.4 is 5.32 Å². The number of hydrogen-bond acceptors (Lipinski definition) is 4. The van der Waals surface area contributed by atoms with Crippen LogP contribution in [0.15, 0.2) is 30.3 Å². The van der Waals surface area contributed by atoms with Gasteiger partial charge >= 0.3 is 0 Å². The van der Waals surface area contributed by atoms with Gasteiger partial charge in [-0.05, 0) is 25.8 Å². The summed E-state index contributed by atoms with van der Waals surface area (Å²) >= 11 is 1.84. The fourth-order valence-corrected chi connectivity index (χ4v) is 3.95. The Labute approximate surface area is 137 Å². The van der Waals surface area contributed by atoms with Crippen LogP contribution in [0, 0.1) is 13.8 Å². The van der Waals surface area contributed by atoms with E-state index in [4.69, 9.17) is 0 Å². The summed E-state index contributed by atoms with van der Waals surface area (Å²) < 4.78 is 0. The van der Waals surface area contributed by atoms with Crippen molar-refractivity contribution in [2.45, 2.75) is 39.3 Å². The number of rotatable bonds is 6. The van der Waals surface area contributed by atoms with E-state index in [0.29, 0.717) is 6.04 Å². The Morgan fingerprint density at radius 1 is 1.27 bits per heavy atom. The van der Waals surface area contributed by atoms with Crippen LogP contribution in [0.2, 0.25) is 0 Å². The maximum atomic E-state index is 4.61. The minimum atomic E-state index is 0.630. The molecule has 118 valence electrons. The van der Waals surface area contributed by atoms with Gasteiger partial charge in [-0.25, -0.2) is 4.98 Å². The Morgan fingerprint density at radius 2 is 2.09 bits per heavy atom. The van der Waals surface area contributed by atoms with E-state index in [-0.39, 0.29) is 0 Å². The molecule has 2 aromatic rings. The van der Waals surface area contributed by atoms with Gasteiger partial charge in [-0.3, -0.25) is 4.90 Å². The molecular formula is C18H25N3S. The summed E-state index contributed by atoms with van der Waals surface area (Å²) in [6.45, 7) is 8.72. The number of likely N-dealkylation sites (tertiary alicyclic amines) is 1. The maximum absolute atomic E-state index is 4.61. The Hall–Kier alpha value is -1.23. The number of nitrogens with one attached hydrogen (secondary N) is 1. The van der Waals surface area contributed by atoms with Crippen molar-refractivity contribution in [3.63, 3.8) is 0 Å². The minimum Gasteiger partial charge on any atom is -0.312 e. The number of benzene rings is 1. The van der Waals surface area contributed by atoms with E-state index in [1.807, 2.05) is 11.3 Å². The third kappa shape index (κ3) is 4.15. The Balaban J connectivity index is 1.39. The third-order valence-electron chi connectivity index (χ3n) is 4.37. The molecule has 1 atom stereocenters. The fourth-order valence-electron chi connectivity index (χ4n) is 3.01. The van der Waals surface area contributed by atoms with Crippen molar-refractivity contribution in [1.82, 2.24) is 15.2 Å². The van der Waals surface area contributed by atoms with Crippen LogP contribution in [0.1, 0.15) is 27.6 Å². The highest BCUT2D eigenvalue weighted by atomic mass is 32.1. The lowest BCUT2D eigenvalue weighted by Crippen LogP contribution is -2.33. The third-order valence-corrected chi connectivity index (χ3v) is 5.50.